The first-order valence-electron chi connectivity index (χ1n) is 8.75. The van der Waals surface area contributed by atoms with Gasteiger partial charge in [-0.3, -0.25) is 9.59 Å². The number of carbonyl (C=O) groups excluding carboxylic acids is 2. The fourth-order valence-corrected chi connectivity index (χ4v) is 3.25. The monoisotopic (exact) mass is 332 g/mol. The Hall–Kier alpha value is -2.04. The van der Waals surface area contributed by atoms with Gasteiger partial charge in [0.05, 0.1) is 18.7 Å². The van der Waals surface area contributed by atoms with Crippen molar-refractivity contribution in [3.05, 3.63) is 23.8 Å². The lowest BCUT2D eigenvalue weighted by molar-refractivity contribution is -0.135. The molecule has 0 radical (unpaired) electrons. The number of benzene rings is 1. The number of rotatable bonds is 7. The highest BCUT2D eigenvalue weighted by Crippen LogP contribution is 2.34. The first-order valence-corrected chi connectivity index (χ1v) is 8.75. The summed E-state index contributed by atoms with van der Waals surface area (Å²) in [6.07, 6.45) is 2.14. The molecule has 1 fully saturated rings. The maximum absolute atomic E-state index is 12.8. The van der Waals surface area contributed by atoms with E-state index in [-0.39, 0.29) is 24.2 Å². The third kappa shape index (κ3) is 3.89. The molecule has 0 aromatic heterocycles. The normalized spacial score (nSPS) is 17.2. The largest absolute Gasteiger partial charge is 0.495 e. The lowest BCUT2D eigenvalue weighted by Gasteiger charge is -2.25. The average molecular weight is 332 g/mol. The van der Waals surface area contributed by atoms with Crippen molar-refractivity contribution in [2.24, 2.45) is 5.92 Å². The molecule has 24 heavy (non-hydrogen) atoms. The second-order valence-electron chi connectivity index (χ2n) is 6.41. The van der Waals surface area contributed by atoms with Gasteiger partial charge in [0.2, 0.25) is 11.8 Å². The van der Waals surface area contributed by atoms with Crippen molar-refractivity contribution < 1.29 is 14.3 Å². The molecule has 1 heterocycles. The third-order valence-corrected chi connectivity index (χ3v) is 4.40. The van der Waals surface area contributed by atoms with Gasteiger partial charge in [-0.05, 0) is 37.5 Å². The number of hydrogen-bond acceptors (Lipinski definition) is 3. The van der Waals surface area contributed by atoms with Crippen LogP contribution >= 0.6 is 0 Å². The molecule has 1 aliphatic heterocycles. The smallest absolute Gasteiger partial charge is 0.228 e. The minimum Gasteiger partial charge on any atom is -0.495 e. The van der Waals surface area contributed by atoms with Crippen LogP contribution in [0.2, 0.25) is 0 Å². The van der Waals surface area contributed by atoms with E-state index in [0.717, 1.165) is 37.2 Å². The maximum atomic E-state index is 12.8. The molecule has 0 saturated carbocycles. The van der Waals surface area contributed by atoms with Crippen LogP contribution in [0.4, 0.5) is 5.69 Å². The van der Waals surface area contributed by atoms with E-state index in [1.165, 1.54) is 0 Å². The van der Waals surface area contributed by atoms with Gasteiger partial charge < -0.3 is 14.5 Å². The molecule has 0 N–H and O–H groups in total. The second-order valence-corrected chi connectivity index (χ2v) is 6.41. The molecule has 132 valence electrons. The Morgan fingerprint density at radius 3 is 2.54 bits per heavy atom. The summed E-state index contributed by atoms with van der Waals surface area (Å²) >= 11 is 0. The topological polar surface area (TPSA) is 49.9 Å². The summed E-state index contributed by atoms with van der Waals surface area (Å²) in [4.78, 5) is 28.9. The first-order chi connectivity index (χ1) is 11.5. The number of hydrogen-bond donors (Lipinski definition) is 0. The van der Waals surface area contributed by atoms with Crippen molar-refractivity contribution in [3.63, 3.8) is 0 Å². The minimum absolute atomic E-state index is 0.00908. The van der Waals surface area contributed by atoms with Crippen molar-refractivity contribution in [1.29, 1.82) is 0 Å². The quantitative estimate of drug-likeness (QED) is 0.771. The van der Waals surface area contributed by atoms with E-state index in [1.807, 2.05) is 30.0 Å². The van der Waals surface area contributed by atoms with E-state index in [0.29, 0.717) is 12.3 Å². The highest BCUT2D eigenvalue weighted by Gasteiger charge is 2.37. The second kappa shape index (κ2) is 8.18. The molecule has 1 aliphatic rings. The number of ether oxygens (including phenoxy) is 1. The van der Waals surface area contributed by atoms with Gasteiger partial charge in [-0.2, -0.15) is 0 Å². The van der Waals surface area contributed by atoms with Crippen molar-refractivity contribution >= 4 is 17.5 Å². The summed E-state index contributed by atoms with van der Waals surface area (Å²) in [5.74, 6) is 0.494. The molecule has 2 amide bonds. The Morgan fingerprint density at radius 2 is 1.96 bits per heavy atom. The number of anilines is 1. The summed E-state index contributed by atoms with van der Waals surface area (Å²) in [6.45, 7) is 8.06. The highest BCUT2D eigenvalue weighted by atomic mass is 16.5. The summed E-state index contributed by atoms with van der Waals surface area (Å²) in [7, 11) is 1.60. The van der Waals surface area contributed by atoms with Gasteiger partial charge in [-0.1, -0.05) is 19.9 Å². The van der Waals surface area contributed by atoms with Gasteiger partial charge in [0, 0.05) is 26.1 Å². The SMILES string of the molecule is CCCN(CCC)C(=O)C1CC(=O)N(c2cc(C)ccc2OC)C1. The van der Waals surface area contributed by atoms with Crippen LogP contribution in [0, 0.1) is 12.8 Å². The zero-order valence-electron chi connectivity index (χ0n) is 15.2. The summed E-state index contributed by atoms with van der Waals surface area (Å²) < 4.78 is 5.39. The zero-order valence-corrected chi connectivity index (χ0v) is 15.2. The number of methoxy groups -OCH3 is 1. The van der Waals surface area contributed by atoms with Crippen LogP contribution < -0.4 is 9.64 Å². The number of amides is 2. The molecule has 1 aromatic rings. The van der Waals surface area contributed by atoms with Crippen LogP contribution in [0.3, 0.4) is 0 Å². The predicted octanol–water partition coefficient (Wildman–Crippen LogP) is 3.01. The van der Waals surface area contributed by atoms with Gasteiger partial charge in [-0.15, -0.1) is 0 Å². The molecule has 5 nitrogen and oxygen atoms in total. The average Bonchev–Trinajstić information content (AvgIpc) is 2.95. The van der Waals surface area contributed by atoms with Crippen molar-refractivity contribution in [2.75, 3.05) is 31.6 Å². The number of aryl methyl sites for hydroxylation is 1. The van der Waals surface area contributed by atoms with Gasteiger partial charge in [-0.25, -0.2) is 0 Å². The summed E-state index contributed by atoms with van der Waals surface area (Å²) in [6, 6.07) is 5.77. The van der Waals surface area contributed by atoms with E-state index in [2.05, 4.69) is 13.8 Å². The molecule has 0 aliphatic carbocycles. The molecule has 1 unspecified atom stereocenters. The molecule has 1 saturated heterocycles. The molecule has 2 rings (SSSR count). The zero-order chi connectivity index (χ0) is 17.7. The Labute approximate surface area is 144 Å². The van der Waals surface area contributed by atoms with Gasteiger partial charge in [0.25, 0.3) is 0 Å². The van der Waals surface area contributed by atoms with E-state index >= 15 is 0 Å². The highest BCUT2D eigenvalue weighted by molar-refractivity contribution is 6.01. The van der Waals surface area contributed by atoms with Crippen molar-refractivity contribution in [3.8, 4) is 5.75 Å². The standard InChI is InChI=1S/C19H28N2O3/c1-5-9-20(10-6-2)19(23)15-12-18(22)21(13-15)16-11-14(3)7-8-17(16)24-4/h7-8,11,15H,5-6,9-10,12-13H2,1-4H3. The van der Waals surface area contributed by atoms with E-state index in [4.69, 9.17) is 4.74 Å². The molecule has 0 bridgehead atoms. The predicted molar refractivity (Wildman–Crippen MR) is 95.4 cm³/mol. The Kier molecular flexibility index (Phi) is 6.23. The van der Waals surface area contributed by atoms with Crippen LogP contribution in [0.25, 0.3) is 0 Å². The summed E-state index contributed by atoms with van der Waals surface area (Å²) in [5.41, 5.74) is 1.82. The third-order valence-electron chi connectivity index (χ3n) is 4.40. The Morgan fingerprint density at radius 1 is 1.29 bits per heavy atom. The lowest BCUT2D eigenvalue weighted by Crippen LogP contribution is -2.38. The fourth-order valence-electron chi connectivity index (χ4n) is 3.25. The van der Waals surface area contributed by atoms with Crippen LogP contribution in [-0.4, -0.2) is 43.5 Å². The Bertz CT molecular complexity index is 594. The van der Waals surface area contributed by atoms with E-state index < -0.39 is 0 Å². The molecule has 5 heteroatoms. The summed E-state index contributed by atoms with van der Waals surface area (Å²) in [5, 5.41) is 0. The molecule has 1 aromatic carbocycles. The van der Waals surface area contributed by atoms with Crippen molar-refractivity contribution in [2.45, 2.75) is 40.0 Å². The first kappa shape index (κ1) is 18.3. The van der Waals surface area contributed by atoms with Crippen LogP contribution in [0.5, 0.6) is 5.75 Å². The van der Waals surface area contributed by atoms with Crippen LogP contribution in [-0.2, 0) is 9.59 Å². The molecule has 0 spiro atoms. The van der Waals surface area contributed by atoms with Gasteiger partial charge in [0.1, 0.15) is 5.75 Å². The van der Waals surface area contributed by atoms with E-state index in [9.17, 15) is 9.59 Å². The number of nitrogens with zero attached hydrogens (tertiary/aromatic N) is 2. The van der Waals surface area contributed by atoms with Gasteiger partial charge in [0.15, 0.2) is 0 Å². The number of carbonyl (C=O) groups is 2. The minimum atomic E-state index is -0.263. The fraction of sp³-hybridized carbons (Fsp3) is 0.579. The molecular weight excluding hydrogens is 304 g/mol. The van der Waals surface area contributed by atoms with Gasteiger partial charge >= 0.3 is 0 Å². The van der Waals surface area contributed by atoms with Crippen LogP contribution in [0.15, 0.2) is 18.2 Å². The lowest BCUT2D eigenvalue weighted by atomic mass is 10.1. The van der Waals surface area contributed by atoms with Crippen LogP contribution in [0.1, 0.15) is 38.7 Å². The molecular formula is C19H28N2O3. The van der Waals surface area contributed by atoms with E-state index in [1.54, 1.807) is 12.0 Å². The Balaban J connectivity index is 2.19. The van der Waals surface area contributed by atoms with Crippen molar-refractivity contribution in [1.82, 2.24) is 4.90 Å². The maximum Gasteiger partial charge on any atom is 0.228 e. The molecule has 1 atom stereocenters.